The minimum atomic E-state index is -1.65. The molecule has 0 aromatic heterocycles. The van der Waals surface area contributed by atoms with Crippen LogP contribution in [0.4, 0.5) is 0 Å². The van der Waals surface area contributed by atoms with Gasteiger partial charge in [0, 0.05) is 0 Å². The van der Waals surface area contributed by atoms with Crippen LogP contribution in [0.2, 0.25) is 18.1 Å². The van der Waals surface area contributed by atoms with Gasteiger partial charge in [-0.15, -0.1) is 0 Å². The molecular formula is C18H34OSi. The van der Waals surface area contributed by atoms with Gasteiger partial charge in [0.05, 0.1) is 6.26 Å². The Morgan fingerprint density at radius 2 is 1.95 bits per heavy atom. The lowest BCUT2D eigenvalue weighted by Crippen LogP contribution is -2.39. The van der Waals surface area contributed by atoms with Crippen molar-refractivity contribution < 1.29 is 4.43 Å². The summed E-state index contributed by atoms with van der Waals surface area (Å²) in [6.07, 6.45) is 9.07. The molecule has 0 bridgehead atoms. The van der Waals surface area contributed by atoms with E-state index < -0.39 is 8.32 Å². The first-order chi connectivity index (χ1) is 8.97. The highest BCUT2D eigenvalue weighted by Gasteiger charge is 2.38. The van der Waals surface area contributed by atoms with Crippen LogP contribution in [0.3, 0.4) is 0 Å². The Morgan fingerprint density at radius 1 is 1.35 bits per heavy atom. The third-order valence-corrected chi connectivity index (χ3v) is 9.73. The molecule has 0 N–H and O–H groups in total. The maximum atomic E-state index is 6.12. The normalized spacial score (nSPS) is 24.1. The molecule has 0 saturated heterocycles. The van der Waals surface area contributed by atoms with E-state index in [1.165, 1.54) is 24.8 Å². The summed E-state index contributed by atoms with van der Waals surface area (Å²) < 4.78 is 6.12. The second kappa shape index (κ2) is 6.09. The fraction of sp³-hybridized carbons (Fsp3) is 0.778. The van der Waals surface area contributed by atoms with Crippen LogP contribution in [0, 0.1) is 11.3 Å². The zero-order valence-corrected chi connectivity index (χ0v) is 15.7. The molecule has 1 aliphatic carbocycles. The highest BCUT2D eigenvalue weighted by molar-refractivity contribution is 6.74. The van der Waals surface area contributed by atoms with Gasteiger partial charge in [0.15, 0.2) is 0 Å². The Hall–Kier alpha value is -0.503. The van der Waals surface area contributed by atoms with E-state index in [-0.39, 0.29) is 5.04 Å². The average Bonchev–Trinajstić information content (AvgIpc) is 2.24. The van der Waals surface area contributed by atoms with Crippen LogP contribution >= 0.6 is 0 Å². The van der Waals surface area contributed by atoms with Crippen LogP contribution in [0.15, 0.2) is 24.5 Å². The summed E-state index contributed by atoms with van der Waals surface area (Å²) in [6, 6.07) is 0. The molecule has 116 valence electrons. The Morgan fingerprint density at radius 3 is 2.45 bits per heavy atom. The van der Waals surface area contributed by atoms with Crippen molar-refractivity contribution in [1.82, 2.24) is 0 Å². The molecule has 0 amide bonds. The second-order valence-electron chi connectivity index (χ2n) is 8.54. The lowest BCUT2D eigenvalue weighted by Gasteiger charge is -2.40. The third-order valence-electron chi connectivity index (χ3n) is 5.39. The first-order valence-corrected chi connectivity index (χ1v) is 10.9. The van der Waals surface area contributed by atoms with E-state index in [4.69, 9.17) is 4.43 Å². The highest BCUT2D eigenvalue weighted by atomic mass is 28.4. The van der Waals surface area contributed by atoms with Crippen LogP contribution < -0.4 is 0 Å². The molecule has 1 unspecified atom stereocenters. The van der Waals surface area contributed by atoms with Crippen molar-refractivity contribution in [2.75, 3.05) is 0 Å². The monoisotopic (exact) mass is 294 g/mol. The molecule has 0 aromatic rings. The average molecular weight is 295 g/mol. The smallest absolute Gasteiger partial charge is 0.249 e. The lowest BCUT2D eigenvalue weighted by molar-refractivity contribution is 0.191. The Kier molecular flexibility index (Phi) is 5.34. The number of hydrogen-bond donors (Lipinski definition) is 0. The largest absolute Gasteiger partial charge is 0.549 e. The summed E-state index contributed by atoms with van der Waals surface area (Å²) in [7, 11) is -1.65. The summed E-state index contributed by atoms with van der Waals surface area (Å²) in [5.74, 6) is 0.607. The van der Waals surface area contributed by atoms with Crippen molar-refractivity contribution in [1.29, 1.82) is 0 Å². The van der Waals surface area contributed by atoms with Crippen molar-refractivity contribution in [3.8, 4) is 0 Å². The van der Waals surface area contributed by atoms with Crippen LogP contribution in [0.5, 0.6) is 0 Å². The van der Waals surface area contributed by atoms with Crippen LogP contribution in [-0.4, -0.2) is 8.32 Å². The number of allylic oxidation sites excluding steroid dienone is 2. The van der Waals surface area contributed by atoms with Gasteiger partial charge >= 0.3 is 0 Å². The molecular weight excluding hydrogens is 260 g/mol. The minimum absolute atomic E-state index is 0.269. The van der Waals surface area contributed by atoms with Crippen molar-refractivity contribution in [2.45, 2.75) is 78.4 Å². The van der Waals surface area contributed by atoms with E-state index in [9.17, 15) is 0 Å². The molecule has 1 nitrogen and oxygen atoms in total. The molecule has 1 saturated carbocycles. The number of hydrogen-bond acceptors (Lipinski definition) is 1. The Bertz CT molecular complexity index is 371. The maximum Gasteiger partial charge on any atom is 0.249 e. The first kappa shape index (κ1) is 17.5. The maximum absolute atomic E-state index is 6.12. The van der Waals surface area contributed by atoms with Gasteiger partial charge < -0.3 is 4.43 Å². The molecule has 1 rings (SSSR count). The summed E-state index contributed by atoms with van der Waals surface area (Å²) in [6.45, 7) is 20.5. The van der Waals surface area contributed by atoms with E-state index >= 15 is 0 Å². The molecule has 1 aliphatic rings. The van der Waals surface area contributed by atoms with Gasteiger partial charge in [0.25, 0.3) is 0 Å². The molecule has 2 heteroatoms. The molecule has 0 aliphatic heterocycles. The van der Waals surface area contributed by atoms with Crippen LogP contribution in [0.1, 0.15) is 60.3 Å². The third kappa shape index (κ3) is 4.24. The lowest BCUT2D eigenvalue weighted by atomic mass is 9.65. The SMILES string of the molecule is C=C1CCCC(C)(C)C1C/C=C/O[Si](C)(C)C(C)(C)C. The fourth-order valence-electron chi connectivity index (χ4n) is 2.74. The zero-order valence-electron chi connectivity index (χ0n) is 14.7. The summed E-state index contributed by atoms with van der Waals surface area (Å²) in [5, 5.41) is 0.269. The molecule has 0 spiro atoms. The van der Waals surface area contributed by atoms with E-state index in [1.807, 2.05) is 6.26 Å². The fourth-order valence-corrected chi connectivity index (χ4v) is 3.53. The van der Waals surface area contributed by atoms with Crippen molar-refractivity contribution in [2.24, 2.45) is 11.3 Å². The second-order valence-corrected chi connectivity index (χ2v) is 13.3. The molecule has 0 radical (unpaired) electrons. The highest BCUT2D eigenvalue weighted by Crippen LogP contribution is 2.45. The molecule has 20 heavy (non-hydrogen) atoms. The zero-order chi connectivity index (χ0) is 15.6. The summed E-state index contributed by atoms with van der Waals surface area (Å²) in [5.41, 5.74) is 1.81. The van der Waals surface area contributed by atoms with Crippen LogP contribution in [0.25, 0.3) is 0 Å². The van der Waals surface area contributed by atoms with E-state index in [2.05, 4.69) is 60.4 Å². The topological polar surface area (TPSA) is 9.23 Å². The molecule has 1 fully saturated rings. The van der Waals surface area contributed by atoms with E-state index in [0.717, 1.165) is 6.42 Å². The number of rotatable bonds is 4. The van der Waals surface area contributed by atoms with Crippen molar-refractivity contribution in [3.63, 3.8) is 0 Å². The van der Waals surface area contributed by atoms with Crippen molar-refractivity contribution >= 4 is 8.32 Å². The predicted molar refractivity (Wildman–Crippen MR) is 92.3 cm³/mol. The molecule has 0 heterocycles. The van der Waals surface area contributed by atoms with Gasteiger partial charge in [-0.05, 0) is 55.1 Å². The molecule has 1 atom stereocenters. The van der Waals surface area contributed by atoms with E-state index in [1.54, 1.807) is 0 Å². The molecule has 0 aromatic carbocycles. The quantitative estimate of drug-likeness (QED) is 0.336. The van der Waals surface area contributed by atoms with Gasteiger partial charge in [-0.25, -0.2) is 0 Å². The van der Waals surface area contributed by atoms with E-state index in [0.29, 0.717) is 11.3 Å². The van der Waals surface area contributed by atoms with Gasteiger partial charge in [-0.1, -0.05) is 52.8 Å². The Balaban J connectivity index is 2.58. The summed E-state index contributed by atoms with van der Waals surface area (Å²) >= 11 is 0. The van der Waals surface area contributed by atoms with Crippen molar-refractivity contribution in [3.05, 3.63) is 24.5 Å². The van der Waals surface area contributed by atoms with Gasteiger partial charge in [-0.2, -0.15) is 0 Å². The van der Waals surface area contributed by atoms with Crippen LogP contribution in [-0.2, 0) is 4.43 Å². The minimum Gasteiger partial charge on any atom is -0.549 e. The Labute approximate surface area is 127 Å². The first-order valence-electron chi connectivity index (χ1n) is 7.98. The van der Waals surface area contributed by atoms with Gasteiger partial charge in [-0.3, -0.25) is 0 Å². The predicted octanol–water partition coefficient (Wildman–Crippen LogP) is 6.29. The summed E-state index contributed by atoms with van der Waals surface area (Å²) in [4.78, 5) is 0. The van der Waals surface area contributed by atoms with Gasteiger partial charge in [0.1, 0.15) is 0 Å². The standard InChI is InChI=1S/C18H34OSi/c1-15-11-9-13-18(5,6)16(15)12-10-14-19-20(7,8)17(2,3)4/h10,14,16H,1,9,11-13H2,2-8H3/b14-10+. The van der Waals surface area contributed by atoms with Gasteiger partial charge in [0.2, 0.25) is 8.32 Å².